The van der Waals surface area contributed by atoms with E-state index in [0.717, 1.165) is 6.08 Å². The van der Waals surface area contributed by atoms with E-state index in [-0.39, 0.29) is 0 Å². The molecule has 126 valence electrons. The normalized spacial score (nSPS) is 19.8. The van der Waals surface area contributed by atoms with Gasteiger partial charge in [0.25, 0.3) is 0 Å². The molecule has 0 amide bonds. The van der Waals surface area contributed by atoms with Gasteiger partial charge in [-0.25, -0.2) is 0 Å². The molecular weight excluding hydrogens is 356 g/mol. The van der Waals surface area contributed by atoms with Crippen molar-refractivity contribution in [3.05, 3.63) is 12.7 Å². The van der Waals surface area contributed by atoms with Crippen molar-refractivity contribution in [2.45, 2.75) is 41.7 Å². The van der Waals surface area contributed by atoms with Crippen LogP contribution in [0, 0.1) is 0 Å². The summed E-state index contributed by atoms with van der Waals surface area (Å²) in [6.07, 6.45) is -5.77. The van der Waals surface area contributed by atoms with Crippen LogP contribution in [-0.2, 0) is 9.47 Å². The molecule has 21 heavy (non-hydrogen) atoms. The molecule has 2 nitrogen and oxygen atoms in total. The topological polar surface area (TPSA) is 18.5 Å². The maximum absolute atomic E-state index is 13.8. The van der Waals surface area contributed by atoms with E-state index in [9.17, 15) is 30.7 Å². The van der Waals surface area contributed by atoms with Crippen LogP contribution < -0.4 is 0 Å². The molecule has 0 aromatic carbocycles. The second-order valence-corrected chi connectivity index (χ2v) is 5.10. The predicted molar refractivity (Wildman–Crippen MR) is 61.7 cm³/mol. The zero-order valence-corrected chi connectivity index (χ0v) is 12.2. The molecular formula is C10H11Cl2F7O2. The van der Waals surface area contributed by atoms with E-state index < -0.39 is 34.7 Å². The highest BCUT2D eigenvalue weighted by Crippen LogP contribution is 2.52. The number of alkyl halides is 9. The Kier molecular flexibility index (Phi) is 6.02. The van der Waals surface area contributed by atoms with Crippen molar-refractivity contribution in [3.63, 3.8) is 0 Å². The highest BCUT2D eigenvalue weighted by molar-refractivity contribution is 6.31. The molecule has 0 saturated heterocycles. The van der Waals surface area contributed by atoms with Crippen molar-refractivity contribution >= 4 is 23.2 Å². The molecule has 11 heteroatoms. The Morgan fingerprint density at radius 2 is 1.48 bits per heavy atom. The smallest absolute Gasteiger partial charge is 0.372 e. The molecule has 0 bridgehead atoms. The van der Waals surface area contributed by atoms with Crippen molar-refractivity contribution in [3.8, 4) is 0 Å². The molecule has 2 unspecified atom stereocenters. The van der Waals surface area contributed by atoms with Crippen molar-refractivity contribution in [1.82, 2.24) is 0 Å². The van der Waals surface area contributed by atoms with Gasteiger partial charge in [-0.3, -0.25) is 4.74 Å². The van der Waals surface area contributed by atoms with Crippen molar-refractivity contribution in [2.75, 3.05) is 7.11 Å². The van der Waals surface area contributed by atoms with Gasteiger partial charge in [-0.2, -0.15) is 30.7 Å². The Labute approximate surface area is 125 Å². The summed E-state index contributed by atoms with van der Waals surface area (Å²) in [7, 11) is 0.660. The Balaban J connectivity index is 5.62. The molecule has 0 radical (unpaired) electrons. The lowest BCUT2D eigenvalue weighted by molar-refractivity contribution is -0.429. The van der Waals surface area contributed by atoms with Crippen LogP contribution in [0.3, 0.4) is 0 Å². The number of hydrogen-bond acceptors (Lipinski definition) is 2. The van der Waals surface area contributed by atoms with E-state index in [4.69, 9.17) is 0 Å². The van der Waals surface area contributed by atoms with Crippen LogP contribution in [0.4, 0.5) is 30.7 Å². The third kappa shape index (κ3) is 3.94. The quantitative estimate of drug-likeness (QED) is 0.345. The fourth-order valence-corrected chi connectivity index (χ4v) is 1.34. The largest absolute Gasteiger partial charge is 0.426 e. The fourth-order valence-electron chi connectivity index (χ4n) is 1.21. The van der Waals surface area contributed by atoms with Gasteiger partial charge in [0, 0.05) is 13.5 Å². The number of rotatable bonds is 8. The molecule has 0 aliphatic heterocycles. The molecule has 2 atom stereocenters. The van der Waals surface area contributed by atoms with E-state index >= 15 is 0 Å². The van der Waals surface area contributed by atoms with Gasteiger partial charge in [0.2, 0.25) is 0 Å². The van der Waals surface area contributed by atoms with Crippen LogP contribution in [0.15, 0.2) is 12.7 Å². The Hall–Kier alpha value is -0.250. The Morgan fingerprint density at radius 1 is 1.05 bits per heavy atom. The molecule has 0 aliphatic rings. The highest BCUT2D eigenvalue weighted by Gasteiger charge is 2.73. The molecule has 0 heterocycles. The predicted octanol–water partition coefficient (Wildman–Crippen LogP) is 4.91. The van der Waals surface area contributed by atoms with Gasteiger partial charge in [0.1, 0.15) is 5.60 Å². The minimum Gasteiger partial charge on any atom is -0.372 e. The average molecular weight is 367 g/mol. The number of methoxy groups -OCH3 is 1. The first-order valence-electron chi connectivity index (χ1n) is 5.14. The highest BCUT2D eigenvalue weighted by atomic mass is 35.5. The Morgan fingerprint density at radius 3 is 1.76 bits per heavy atom. The second-order valence-electron chi connectivity index (χ2n) is 4.14. The summed E-state index contributed by atoms with van der Waals surface area (Å²) in [5.41, 5.74) is -2.92. The van der Waals surface area contributed by atoms with Gasteiger partial charge < -0.3 is 4.74 Å². The molecule has 0 saturated carbocycles. The maximum Gasteiger partial charge on any atom is 0.426 e. The standard InChI is InChI=1S/C10H11Cl2F7O2/c1-4-5-6(2,20-3)7(13,14)10(18,19)21-9(12,17)8(11,15)16/h4H,1,5H2,2-3H3. The minimum atomic E-state index is -5.75. The SMILES string of the molecule is C=CCC(C)(OC)C(F)(F)C(F)(F)OC(F)(Cl)C(F)(F)Cl. The third-order valence-electron chi connectivity index (χ3n) is 2.60. The molecule has 0 aliphatic carbocycles. The molecule has 0 aromatic heterocycles. The molecule has 0 aromatic rings. The first-order chi connectivity index (χ1) is 9.08. The van der Waals surface area contributed by atoms with Crippen molar-refractivity contribution < 1.29 is 40.2 Å². The summed E-state index contributed by atoms with van der Waals surface area (Å²) in [6.45, 7) is 3.59. The van der Waals surface area contributed by atoms with E-state index in [1.165, 1.54) is 0 Å². The van der Waals surface area contributed by atoms with Gasteiger partial charge in [-0.1, -0.05) is 6.08 Å². The minimum absolute atomic E-state index is 0.527. The van der Waals surface area contributed by atoms with E-state index in [2.05, 4.69) is 39.3 Å². The third-order valence-corrected chi connectivity index (χ3v) is 3.25. The first-order valence-corrected chi connectivity index (χ1v) is 5.90. The van der Waals surface area contributed by atoms with Crippen LogP contribution in [-0.4, -0.2) is 35.4 Å². The lowest BCUT2D eigenvalue weighted by Gasteiger charge is -2.40. The van der Waals surface area contributed by atoms with Crippen LogP contribution >= 0.6 is 23.2 Å². The lowest BCUT2D eigenvalue weighted by Crippen LogP contribution is -2.61. The number of hydrogen-bond donors (Lipinski definition) is 0. The zero-order chi connectivity index (χ0) is 17.3. The summed E-state index contributed by atoms with van der Waals surface area (Å²) >= 11 is 8.43. The van der Waals surface area contributed by atoms with Crippen molar-refractivity contribution in [1.29, 1.82) is 0 Å². The molecule has 0 N–H and O–H groups in total. The molecule has 0 fully saturated rings. The van der Waals surface area contributed by atoms with Gasteiger partial charge in [-0.15, -0.1) is 6.58 Å². The fraction of sp³-hybridized carbons (Fsp3) is 0.800. The van der Waals surface area contributed by atoms with Crippen LogP contribution in [0.2, 0.25) is 0 Å². The van der Waals surface area contributed by atoms with Crippen molar-refractivity contribution in [2.24, 2.45) is 0 Å². The van der Waals surface area contributed by atoms with Crippen LogP contribution in [0.5, 0.6) is 0 Å². The van der Waals surface area contributed by atoms with Gasteiger partial charge in [0.05, 0.1) is 0 Å². The van der Waals surface area contributed by atoms with Gasteiger partial charge in [-0.05, 0) is 30.1 Å². The molecule has 0 rings (SSSR count). The number of halogens is 9. The summed E-state index contributed by atoms with van der Waals surface area (Å²) in [5.74, 6) is -5.24. The van der Waals surface area contributed by atoms with Gasteiger partial charge >= 0.3 is 22.7 Å². The summed E-state index contributed by atoms with van der Waals surface area (Å²) in [4.78, 5) is 0. The van der Waals surface area contributed by atoms with E-state index in [1.807, 2.05) is 0 Å². The average Bonchev–Trinajstić information content (AvgIpc) is 2.25. The van der Waals surface area contributed by atoms with E-state index in [1.54, 1.807) is 0 Å². The second kappa shape index (κ2) is 6.10. The summed E-state index contributed by atoms with van der Waals surface area (Å²) in [6, 6.07) is 0. The zero-order valence-electron chi connectivity index (χ0n) is 10.7. The summed E-state index contributed by atoms with van der Waals surface area (Å²) in [5, 5.41) is -10.2. The summed E-state index contributed by atoms with van der Waals surface area (Å²) < 4.78 is 99.5. The van der Waals surface area contributed by atoms with Gasteiger partial charge in [0.15, 0.2) is 0 Å². The lowest BCUT2D eigenvalue weighted by atomic mass is 9.92. The Bertz CT molecular complexity index is 384. The van der Waals surface area contributed by atoms with E-state index in [0.29, 0.717) is 14.0 Å². The molecule has 0 spiro atoms. The number of ether oxygens (including phenoxy) is 2. The maximum atomic E-state index is 13.8. The van der Waals surface area contributed by atoms with Crippen LogP contribution in [0.1, 0.15) is 13.3 Å². The van der Waals surface area contributed by atoms with Crippen LogP contribution in [0.25, 0.3) is 0 Å². The first kappa shape index (κ1) is 20.8. The monoisotopic (exact) mass is 366 g/mol.